The SMILES string of the molecule is O=C1OCCN1c1cccc(-c2cc(=O)[nH]c3c2[nH]c2ccc(Cl)cc23)c1. The van der Waals surface area contributed by atoms with Crippen LogP contribution in [-0.2, 0) is 4.74 Å². The van der Waals surface area contributed by atoms with Gasteiger partial charge in [-0.1, -0.05) is 23.7 Å². The molecule has 134 valence electrons. The van der Waals surface area contributed by atoms with Crippen molar-refractivity contribution >= 4 is 45.3 Å². The van der Waals surface area contributed by atoms with Crippen LogP contribution in [0.3, 0.4) is 0 Å². The zero-order chi connectivity index (χ0) is 18.5. The van der Waals surface area contributed by atoms with Crippen molar-refractivity contribution in [2.45, 2.75) is 0 Å². The number of nitrogens with zero attached hydrogens (tertiary/aromatic N) is 1. The molecule has 2 aromatic heterocycles. The van der Waals surface area contributed by atoms with E-state index >= 15 is 0 Å². The van der Waals surface area contributed by atoms with Crippen molar-refractivity contribution < 1.29 is 9.53 Å². The number of nitrogens with one attached hydrogen (secondary N) is 2. The Bertz CT molecular complexity index is 1270. The summed E-state index contributed by atoms with van der Waals surface area (Å²) in [6.45, 7) is 0.888. The maximum absolute atomic E-state index is 12.3. The number of benzene rings is 2. The quantitative estimate of drug-likeness (QED) is 0.545. The number of amides is 1. The van der Waals surface area contributed by atoms with Crippen LogP contribution in [0.4, 0.5) is 10.5 Å². The average molecular weight is 380 g/mol. The van der Waals surface area contributed by atoms with Gasteiger partial charge in [-0.15, -0.1) is 0 Å². The first-order valence-electron chi connectivity index (χ1n) is 8.49. The van der Waals surface area contributed by atoms with E-state index in [4.69, 9.17) is 16.3 Å². The topological polar surface area (TPSA) is 78.2 Å². The van der Waals surface area contributed by atoms with E-state index in [1.807, 2.05) is 36.4 Å². The monoisotopic (exact) mass is 379 g/mol. The first kappa shape index (κ1) is 16.0. The van der Waals surface area contributed by atoms with Crippen molar-refractivity contribution in [2.24, 2.45) is 0 Å². The maximum atomic E-state index is 12.3. The molecule has 0 bridgehead atoms. The van der Waals surface area contributed by atoms with Crippen LogP contribution in [0.2, 0.25) is 5.02 Å². The van der Waals surface area contributed by atoms with E-state index in [-0.39, 0.29) is 11.7 Å². The van der Waals surface area contributed by atoms with Gasteiger partial charge in [-0.25, -0.2) is 4.79 Å². The molecule has 0 unspecified atom stereocenters. The standard InChI is InChI=1S/C20H14ClN3O3/c21-12-4-5-16-15(9-12)19-18(22-16)14(10-17(25)23-19)11-2-1-3-13(8-11)24-6-7-27-20(24)26/h1-5,8-10,22H,6-7H2,(H,23,25). The van der Waals surface area contributed by atoms with Crippen molar-refractivity contribution in [1.82, 2.24) is 9.97 Å². The number of ether oxygens (including phenoxy) is 1. The Kier molecular flexibility index (Phi) is 3.48. The summed E-state index contributed by atoms with van der Waals surface area (Å²) < 4.78 is 5.02. The molecule has 3 heterocycles. The molecule has 27 heavy (non-hydrogen) atoms. The lowest BCUT2D eigenvalue weighted by molar-refractivity contribution is 0.181. The zero-order valence-electron chi connectivity index (χ0n) is 14.1. The molecular weight excluding hydrogens is 366 g/mol. The van der Waals surface area contributed by atoms with E-state index in [0.717, 1.165) is 33.2 Å². The van der Waals surface area contributed by atoms with Crippen LogP contribution >= 0.6 is 11.6 Å². The molecular formula is C20H14ClN3O3. The third-order valence-corrected chi connectivity index (χ3v) is 5.02. The molecule has 2 N–H and O–H groups in total. The molecule has 1 aliphatic rings. The summed E-state index contributed by atoms with van der Waals surface area (Å²) in [6.07, 6.45) is -0.358. The van der Waals surface area contributed by atoms with Gasteiger partial charge >= 0.3 is 6.09 Å². The molecule has 4 aromatic rings. The van der Waals surface area contributed by atoms with Crippen molar-refractivity contribution in [3.63, 3.8) is 0 Å². The van der Waals surface area contributed by atoms with E-state index in [9.17, 15) is 9.59 Å². The second kappa shape index (κ2) is 5.89. The minimum Gasteiger partial charge on any atom is -0.447 e. The van der Waals surface area contributed by atoms with Crippen LogP contribution in [0.5, 0.6) is 0 Å². The fraction of sp³-hybridized carbons (Fsp3) is 0.100. The Balaban J connectivity index is 1.74. The van der Waals surface area contributed by atoms with E-state index in [0.29, 0.717) is 23.7 Å². The first-order chi connectivity index (χ1) is 13.1. The number of carbonyl (C=O) groups excluding carboxylic acids is 1. The fourth-order valence-electron chi connectivity index (χ4n) is 3.56. The van der Waals surface area contributed by atoms with Crippen LogP contribution in [0, 0.1) is 0 Å². The fourth-order valence-corrected chi connectivity index (χ4v) is 3.73. The molecule has 0 radical (unpaired) electrons. The van der Waals surface area contributed by atoms with Gasteiger partial charge < -0.3 is 14.7 Å². The summed E-state index contributed by atoms with van der Waals surface area (Å²) >= 11 is 6.12. The van der Waals surface area contributed by atoms with Crippen LogP contribution in [0.25, 0.3) is 33.1 Å². The number of pyridine rings is 1. The Morgan fingerprint density at radius 3 is 2.70 bits per heavy atom. The molecule has 1 aliphatic heterocycles. The number of anilines is 1. The van der Waals surface area contributed by atoms with Gasteiger partial charge in [-0.3, -0.25) is 9.69 Å². The Labute approximate surface area is 158 Å². The third-order valence-electron chi connectivity index (χ3n) is 4.78. The number of fused-ring (bicyclic) bond motifs is 3. The van der Waals surface area contributed by atoms with Crippen LogP contribution in [0.15, 0.2) is 53.3 Å². The molecule has 0 aliphatic carbocycles. The van der Waals surface area contributed by atoms with Gasteiger partial charge in [0.25, 0.3) is 0 Å². The molecule has 5 rings (SSSR count). The summed E-state index contributed by atoms with van der Waals surface area (Å²) in [6, 6.07) is 14.6. The molecule has 0 spiro atoms. The van der Waals surface area contributed by atoms with Gasteiger partial charge in [0.1, 0.15) is 6.61 Å². The molecule has 2 aromatic carbocycles. The largest absolute Gasteiger partial charge is 0.447 e. The number of cyclic esters (lactones) is 1. The van der Waals surface area contributed by atoms with E-state index in [1.54, 1.807) is 17.0 Å². The lowest BCUT2D eigenvalue weighted by Crippen LogP contribution is -2.23. The predicted octanol–water partition coefficient (Wildman–Crippen LogP) is 4.29. The van der Waals surface area contributed by atoms with Gasteiger partial charge in [0.2, 0.25) is 5.56 Å². The van der Waals surface area contributed by atoms with Crippen LogP contribution < -0.4 is 10.5 Å². The summed E-state index contributed by atoms with van der Waals surface area (Å²) in [5.41, 5.74) is 4.54. The normalized spacial score (nSPS) is 14.3. The van der Waals surface area contributed by atoms with Gasteiger partial charge in [0, 0.05) is 33.2 Å². The van der Waals surface area contributed by atoms with Gasteiger partial charge in [0.15, 0.2) is 0 Å². The van der Waals surface area contributed by atoms with Crippen LogP contribution in [0.1, 0.15) is 0 Å². The number of aromatic nitrogens is 2. The Morgan fingerprint density at radius 1 is 1.00 bits per heavy atom. The highest BCUT2D eigenvalue weighted by atomic mass is 35.5. The number of hydrogen-bond acceptors (Lipinski definition) is 3. The third kappa shape index (κ3) is 2.57. The second-order valence-corrected chi connectivity index (χ2v) is 6.86. The van der Waals surface area contributed by atoms with Crippen molar-refractivity contribution in [3.05, 3.63) is 63.9 Å². The predicted molar refractivity (Wildman–Crippen MR) is 106 cm³/mol. The lowest BCUT2D eigenvalue weighted by atomic mass is 10.0. The summed E-state index contributed by atoms with van der Waals surface area (Å²) in [5.74, 6) is 0. The van der Waals surface area contributed by atoms with E-state index in [1.165, 1.54) is 0 Å². The highest BCUT2D eigenvalue weighted by Crippen LogP contribution is 2.33. The highest BCUT2D eigenvalue weighted by molar-refractivity contribution is 6.31. The average Bonchev–Trinajstić information content (AvgIpc) is 3.25. The van der Waals surface area contributed by atoms with Crippen molar-refractivity contribution in [2.75, 3.05) is 18.1 Å². The number of rotatable bonds is 2. The smallest absolute Gasteiger partial charge is 0.414 e. The Hall–Kier alpha value is -3.25. The zero-order valence-corrected chi connectivity index (χ0v) is 14.8. The molecule has 0 saturated carbocycles. The summed E-state index contributed by atoms with van der Waals surface area (Å²) in [7, 11) is 0. The van der Waals surface area contributed by atoms with Crippen LogP contribution in [-0.4, -0.2) is 29.2 Å². The highest BCUT2D eigenvalue weighted by Gasteiger charge is 2.24. The summed E-state index contributed by atoms with van der Waals surface area (Å²) in [4.78, 5) is 32.0. The Morgan fingerprint density at radius 2 is 1.89 bits per heavy atom. The second-order valence-electron chi connectivity index (χ2n) is 6.43. The van der Waals surface area contributed by atoms with Gasteiger partial charge in [-0.05, 0) is 35.9 Å². The minimum atomic E-state index is -0.358. The molecule has 1 amide bonds. The van der Waals surface area contributed by atoms with Crippen molar-refractivity contribution in [3.8, 4) is 11.1 Å². The molecule has 6 nitrogen and oxygen atoms in total. The molecule has 7 heteroatoms. The number of H-pyrrole nitrogens is 2. The van der Waals surface area contributed by atoms with Gasteiger partial charge in [-0.2, -0.15) is 0 Å². The number of carbonyl (C=O) groups is 1. The van der Waals surface area contributed by atoms with Gasteiger partial charge in [0.05, 0.1) is 17.6 Å². The van der Waals surface area contributed by atoms with E-state index < -0.39 is 0 Å². The summed E-state index contributed by atoms with van der Waals surface area (Å²) in [5, 5.41) is 1.46. The van der Waals surface area contributed by atoms with E-state index in [2.05, 4.69) is 9.97 Å². The number of aromatic amines is 2. The molecule has 0 atom stereocenters. The first-order valence-corrected chi connectivity index (χ1v) is 8.87. The number of hydrogen-bond donors (Lipinski definition) is 2. The van der Waals surface area contributed by atoms with Crippen molar-refractivity contribution in [1.29, 1.82) is 0 Å². The lowest BCUT2D eigenvalue weighted by Gasteiger charge is -2.14. The number of halogens is 1. The molecule has 1 fully saturated rings. The minimum absolute atomic E-state index is 0.204. The maximum Gasteiger partial charge on any atom is 0.414 e. The molecule has 1 saturated heterocycles.